The molecule has 0 saturated heterocycles. The molecule has 0 aliphatic heterocycles. The van der Waals surface area contributed by atoms with Crippen LogP contribution in [0.1, 0.15) is 68.5 Å². The summed E-state index contributed by atoms with van der Waals surface area (Å²) in [6.45, 7) is 10.3. The summed E-state index contributed by atoms with van der Waals surface area (Å²) in [7, 11) is 1.52. The van der Waals surface area contributed by atoms with E-state index in [1.165, 1.54) is 13.2 Å². The molecule has 5 atom stereocenters. The number of methoxy groups -OCH3 is 1. The molecule has 0 radical (unpaired) electrons. The van der Waals surface area contributed by atoms with E-state index in [0.717, 1.165) is 22.3 Å². The molecular weight excluding hydrogens is 699 g/mol. The highest BCUT2D eigenvalue weighted by atomic mass is 35.5. The number of alkyl halides is 1. The maximum atomic E-state index is 14.0. The second kappa shape index (κ2) is 22.1. The van der Waals surface area contributed by atoms with Crippen LogP contribution in [-0.4, -0.2) is 54.8 Å². The van der Waals surface area contributed by atoms with Crippen LogP contribution in [0.15, 0.2) is 103 Å². The molecule has 3 N–H and O–H groups in total. The molecule has 0 spiro atoms. The predicted octanol–water partition coefficient (Wildman–Crippen LogP) is 8.52. The van der Waals surface area contributed by atoms with Gasteiger partial charge in [0, 0.05) is 19.1 Å². The van der Waals surface area contributed by atoms with Gasteiger partial charge < -0.3 is 25.2 Å². The smallest absolute Gasteiger partial charge is 0.332 e. The van der Waals surface area contributed by atoms with E-state index in [4.69, 9.17) is 32.7 Å². The lowest BCUT2D eigenvalue weighted by Crippen LogP contribution is -2.51. The molecular formula is C42H52Cl2N2O6. The second-order valence-electron chi connectivity index (χ2n) is 13.5. The average Bonchev–Trinajstić information content (AvgIpc) is 3.11. The molecule has 3 aromatic rings. The fourth-order valence-corrected chi connectivity index (χ4v) is 6.43. The Hall–Kier alpha value is -4.11. The second-order valence-corrected chi connectivity index (χ2v) is 14.5. The molecule has 0 saturated carbocycles. The van der Waals surface area contributed by atoms with E-state index >= 15 is 0 Å². The normalized spacial score (nSPS) is 14.3. The number of carbonyl (C=O) groups excluding carboxylic acids is 2. The van der Waals surface area contributed by atoms with Gasteiger partial charge in [0.1, 0.15) is 11.8 Å². The first kappa shape index (κ1) is 42.3. The number of allylic oxidation sites excluding steroid dienone is 2. The molecule has 10 heteroatoms. The molecule has 0 aliphatic rings. The van der Waals surface area contributed by atoms with Gasteiger partial charge in [0.15, 0.2) is 6.10 Å². The summed E-state index contributed by atoms with van der Waals surface area (Å²) in [6.07, 6.45) is 4.81. The quantitative estimate of drug-likeness (QED) is 0.0539. The first-order chi connectivity index (χ1) is 24.9. The first-order valence-electron chi connectivity index (χ1n) is 17.7. The number of nitrogens with one attached hydrogen (secondary N) is 2. The molecule has 0 bridgehead atoms. The largest absolute Gasteiger partial charge is 0.495 e. The molecule has 0 heterocycles. The van der Waals surface area contributed by atoms with Crippen LogP contribution in [0.4, 0.5) is 0 Å². The van der Waals surface area contributed by atoms with E-state index in [0.29, 0.717) is 42.9 Å². The van der Waals surface area contributed by atoms with Crippen molar-refractivity contribution in [2.24, 2.45) is 11.8 Å². The van der Waals surface area contributed by atoms with Crippen molar-refractivity contribution in [3.8, 4) is 5.75 Å². The first-order valence-corrected chi connectivity index (χ1v) is 18.5. The Labute approximate surface area is 318 Å². The zero-order chi connectivity index (χ0) is 38.0. The Balaban J connectivity index is 1.73. The molecule has 2 amide bonds. The van der Waals surface area contributed by atoms with Gasteiger partial charge in [0.05, 0.1) is 17.5 Å². The molecule has 3 unspecified atom stereocenters. The van der Waals surface area contributed by atoms with Crippen LogP contribution >= 0.6 is 23.2 Å². The van der Waals surface area contributed by atoms with Crippen molar-refractivity contribution in [3.63, 3.8) is 0 Å². The van der Waals surface area contributed by atoms with Crippen LogP contribution in [0.25, 0.3) is 0 Å². The molecule has 8 nitrogen and oxygen atoms in total. The van der Waals surface area contributed by atoms with Gasteiger partial charge in [0.2, 0.25) is 11.8 Å². The highest BCUT2D eigenvalue weighted by molar-refractivity contribution is 6.32. The molecule has 280 valence electrons. The van der Waals surface area contributed by atoms with Crippen LogP contribution in [-0.2, 0) is 32.0 Å². The molecule has 3 rings (SSSR count). The summed E-state index contributed by atoms with van der Waals surface area (Å²) in [5, 5.41) is 15.9. The van der Waals surface area contributed by atoms with Gasteiger partial charge in [0.25, 0.3) is 0 Å². The summed E-state index contributed by atoms with van der Waals surface area (Å²) in [6, 6.07) is 23.5. The van der Waals surface area contributed by atoms with Crippen molar-refractivity contribution >= 4 is 41.0 Å². The van der Waals surface area contributed by atoms with Gasteiger partial charge in [-0.25, -0.2) is 4.79 Å². The van der Waals surface area contributed by atoms with Crippen molar-refractivity contribution < 1.29 is 29.0 Å². The van der Waals surface area contributed by atoms with Crippen LogP contribution < -0.4 is 15.4 Å². The minimum absolute atomic E-state index is 0.121. The van der Waals surface area contributed by atoms with Crippen molar-refractivity contribution in [2.75, 3.05) is 13.7 Å². The Morgan fingerprint density at radius 3 is 2.19 bits per heavy atom. The summed E-state index contributed by atoms with van der Waals surface area (Å²) < 4.78 is 11.1. The third-order valence-corrected chi connectivity index (χ3v) is 9.50. The third kappa shape index (κ3) is 14.9. The maximum absolute atomic E-state index is 14.0. The number of ether oxygens (including phenoxy) is 2. The van der Waals surface area contributed by atoms with Crippen LogP contribution in [0.5, 0.6) is 5.75 Å². The zero-order valence-electron chi connectivity index (χ0n) is 30.5. The lowest BCUT2D eigenvalue weighted by Gasteiger charge is -2.25. The van der Waals surface area contributed by atoms with Gasteiger partial charge in [-0.1, -0.05) is 117 Å². The van der Waals surface area contributed by atoms with Gasteiger partial charge in [-0.2, -0.15) is 0 Å². The van der Waals surface area contributed by atoms with E-state index in [9.17, 15) is 19.5 Å². The average molecular weight is 752 g/mol. The third-order valence-electron chi connectivity index (χ3n) is 8.77. The fourth-order valence-electron chi connectivity index (χ4n) is 5.74. The summed E-state index contributed by atoms with van der Waals surface area (Å²) in [5.74, 6) is -1.07. The number of aliphatic carboxylic acids is 1. The predicted molar refractivity (Wildman–Crippen MR) is 209 cm³/mol. The lowest BCUT2D eigenvalue weighted by molar-refractivity contribution is -0.151. The van der Waals surface area contributed by atoms with Crippen molar-refractivity contribution in [3.05, 3.63) is 125 Å². The van der Waals surface area contributed by atoms with E-state index < -0.39 is 36.0 Å². The monoisotopic (exact) mass is 750 g/mol. The number of halogens is 2. The van der Waals surface area contributed by atoms with E-state index in [2.05, 4.69) is 24.1 Å². The molecule has 52 heavy (non-hydrogen) atoms. The van der Waals surface area contributed by atoms with Crippen molar-refractivity contribution in [2.45, 2.75) is 82.9 Å². The van der Waals surface area contributed by atoms with Crippen LogP contribution in [0.3, 0.4) is 0 Å². The number of benzene rings is 3. The maximum Gasteiger partial charge on any atom is 0.332 e. The van der Waals surface area contributed by atoms with E-state index in [1.807, 2.05) is 74.5 Å². The van der Waals surface area contributed by atoms with E-state index in [1.54, 1.807) is 24.3 Å². The van der Waals surface area contributed by atoms with Crippen molar-refractivity contribution in [1.82, 2.24) is 10.6 Å². The zero-order valence-corrected chi connectivity index (χ0v) is 32.0. The summed E-state index contributed by atoms with van der Waals surface area (Å²) in [4.78, 5) is 39.0. The van der Waals surface area contributed by atoms with Crippen LogP contribution in [0, 0.1) is 11.8 Å². The molecule has 0 aromatic heterocycles. The fraction of sp³-hybridized carbons (Fsp3) is 0.405. The molecule has 0 aliphatic carbocycles. The Kier molecular flexibility index (Phi) is 18.0. The highest BCUT2D eigenvalue weighted by Crippen LogP contribution is 2.31. The number of hydrogen-bond acceptors (Lipinski definition) is 5. The minimum atomic E-state index is -1.01. The highest BCUT2D eigenvalue weighted by Gasteiger charge is 2.25. The van der Waals surface area contributed by atoms with E-state index in [-0.39, 0.29) is 30.2 Å². The Bertz CT molecular complexity index is 1620. The lowest BCUT2D eigenvalue weighted by atomic mass is 9.92. The van der Waals surface area contributed by atoms with Crippen LogP contribution in [0.2, 0.25) is 5.02 Å². The Morgan fingerprint density at radius 2 is 1.58 bits per heavy atom. The molecule has 3 aromatic carbocycles. The number of carbonyl (C=O) groups is 3. The van der Waals surface area contributed by atoms with Gasteiger partial charge >= 0.3 is 5.97 Å². The number of hydrogen-bond donors (Lipinski definition) is 3. The minimum Gasteiger partial charge on any atom is -0.495 e. The number of rotatable bonds is 22. The Morgan fingerprint density at radius 1 is 0.904 bits per heavy atom. The number of carboxylic acids is 1. The van der Waals surface area contributed by atoms with Gasteiger partial charge in [-0.15, -0.1) is 11.6 Å². The number of carboxylic acid groups (broad SMARTS) is 1. The standard InChI is InChI=1S/C42H52Cl2N2O6/c1-28(2)23-39(42(49)50)52-22-21-34(25-31-14-8-6-9-15-31)45-41(48)37(27-32-19-20-38(51-5)36(44)26-32)46-40(47)18-12-13-29(3)30(4)24-35(43)33-16-10-7-11-17-33/h6-12,14-20,26,28,30,34-35,37,39H,3,13,21-25,27H2,1-2,4-5H3,(H,45,48)(H,46,47)(H,49,50)/b18-12+/t30?,34?,35-,37-,39?/m1/s1. The van der Waals surface area contributed by atoms with Crippen molar-refractivity contribution in [1.29, 1.82) is 0 Å². The molecule has 0 fully saturated rings. The summed E-state index contributed by atoms with van der Waals surface area (Å²) in [5.41, 5.74) is 3.72. The number of amides is 2. The topological polar surface area (TPSA) is 114 Å². The summed E-state index contributed by atoms with van der Waals surface area (Å²) >= 11 is 13.1. The van der Waals surface area contributed by atoms with Gasteiger partial charge in [-0.3, -0.25) is 9.59 Å². The SMILES string of the molecule is C=C(C/C=C/C(=O)N[C@H](Cc1ccc(OC)c(Cl)c1)C(=O)NC(CCOC(CC(C)C)C(=O)O)Cc1ccccc1)C(C)C[C@@H](Cl)c1ccccc1. The van der Waals surface area contributed by atoms with Gasteiger partial charge in [-0.05, 0) is 78.8 Å².